The molecule has 8 heteroatoms. The number of rotatable bonds is 5. The van der Waals surface area contributed by atoms with Gasteiger partial charge in [0.1, 0.15) is 10.7 Å². The SMILES string of the molecule is Cc1nc(CCNC(=O)c2csc(-c3cnn(C)c3)n2)cs1. The molecule has 0 aliphatic carbocycles. The maximum Gasteiger partial charge on any atom is 0.270 e. The summed E-state index contributed by atoms with van der Waals surface area (Å²) < 4.78 is 1.71. The Balaban J connectivity index is 1.57. The molecule has 3 heterocycles. The van der Waals surface area contributed by atoms with Crippen LogP contribution in [-0.4, -0.2) is 32.2 Å². The molecule has 0 aliphatic rings. The topological polar surface area (TPSA) is 72.7 Å². The van der Waals surface area contributed by atoms with Crippen LogP contribution in [0.1, 0.15) is 21.2 Å². The summed E-state index contributed by atoms with van der Waals surface area (Å²) in [5.41, 5.74) is 2.37. The number of carbonyl (C=O) groups excluding carboxylic acids is 1. The molecule has 6 nitrogen and oxygen atoms in total. The quantitative estimate of drug-likeness (QED) is 0.777. The number of thiazole rings is 2. The van der Waals surface area contributed by atoms with Gasteiger partial charge in [-0.25, -0.2) is 9.97 Å². The van der Waals surface area contributed by atoms with E-state index in [0.717, 1.165) is 27.7 Å². The summed E-state index contributed by atoms with van der Waals surface area (Å²) in [7, 11) is 1.85. The highest BCUT2D eigenvalue weighted by molar-refractivity contribution is 7.13. The van der Waals surface area contributed by atoms with Crippen molar-refractivity contribution in [2.24, 2.45) is 7.05 Å². The summed E-state index contributed by atoms with van der Waals surface area (Å²) >= 11 is 3.06. The van der Waals surface area contributed by atoms with Gasteiger partial charge < -0.3 is 5.32 Å². The molecule has 1 N–H and O–H groups in total. The van der Waals surface area contributed by atoms with E-state index >= 15 is 0 Å². The lowest BCUT2D eigenvalue weighted by atomic mass is 10.3. The maximum atomic E-state index is 12.1. The van der Waals surface area contributed by atoms with E-state index in [0.29, 0.717) is 12.2 Å². The predicted molar refractivity (Wildman–Crippen MR) is 87.2 cm³/mol. The van der Waals surface area contributed by atoms with Crippen LogP contribution in [0.2, 0.25) is 0 Å². The Hall–Kier alpha value is -2.06. The average molecular weight is 333 g/mol. The summed E-state index contributed by atoms with van der Waals surface area (Å²) in [5.74, 6) is -0.154. The third-order valence-electron chi connectivity index (χ3n) is 3.02. The van der Waals surface area contributed by atoms with Crippen molar-refractivity contribution >= 4 is 28.6 Å². The second kappa shape index (κ2) is 6.37. The fraction of sp³-hybridized carbons (Fsp3) is 0.286. The monoisotopic (exact) mass is 333 g/mol. The molecule has 0 bridgehead atoms. The van der Waals surface area contributed by atoms with Gasteiger partial charge >= 0.3 is 0 Å². The minimum absolute atomic E-state index is 0.154. The zero-order valence-electron chi connectivity index (χ0n) is 12.2. The van der Waals surface area contributed by atoms with Gasteiger partial charge in [-0.15, -0.1) is 22.7 Å². The van der Waals surface area contributed by atoms with Crippen LogP contribution in [-0.2, 0) is 13.5 Å². The van der Waals surface area contributed by atoms with Crippen molar-refractivity contribution in [3.63, 3.8) is 0 Å². The number of aromatic nitrogens is 4. The third kappa shape index (κ3) is 3.40. The Morgan fingerprint density at radius 3 is 2.86 bits per heavy atom. The Labute approximate surface area is 135 Å². The van der Waals surface area contributed by atoms with E-state index in [-0.39, 0.29) is 5.91 Å². The lowest BCUT2D eigenvalue weighted by Gasteiger charge is -2.01. The molecule has 0 spiro atoms. The maximum absolute atomic E-state index is 12.1. The molecule has 0 aliphatic heterocycles. The number of nitrogens with one attached hydrogen (secondary N) is 1. The largest absolute Gasteiger partial charge is 0.350 e. The fourth-order valence-electron chi connectivity index (χ4n) is 1.96. The van der Waals surface area contributed by atoms with Crippen LogP contribution < -0.4 is 5.32 Å². The molecule has 0 atom stereocenters. The Morgan fingerprint density at radius 2 is 2.18 bits per heavy atom. The Morgan fingerprint density at radius 1 is 1.32 bits per heavy atom. The van der Waals surface area contributed by atoms with Crippen molar-refractivity contribution in [2.45, 2.75) is 13.3 Å². The number of amides is 1. The molecule has 0 unspecified atom stereocenters. The highest BCUT2D eigenvalue weighted by atomic mass is 32.1. The zero-order chi connectivity index (χ0) is 15.5. The number of hydrogen-bond donors (Lipinski definition) is 1. The van der Waals surface area contributed by atoms with Gasteiger partial charge in [0.2, 0.25) is 0 Å². The zero-order valence-corrected chi connectivity index (χ0v) is 13.9. The van der Waals surface area contributed by atoms with E-state index in [2.05, 4.69) is 20.4 Å². The second-order valence-electron chi connectivity index (χ2n) is 4.80. The number of hydrogen-bond acceptors (Lipinski definition) is 6. The van der Waals surface area contributed by atoms with Gasteiger partial charge in [0.25, 0.3) is 5.91 Å². The summed E-state index contributed by atoms with van der Waals surface area (Å²) in [6, 6.07) is 0. The first-order valence-corrected chi connectivity index (χ1v) is 8.51. The summed E-state index contributed by atoms with van der Waals surface area (Å²) in [6.45, 7) is 2.53. The molecule has 0 aromatic carbocycles. The molecule has 0 saturated heterocycles. The first-order valence-electron chi connectivity index (χ1n) is 6.75. The normalized spacial score (nSPS) is 10.8. The molecule has 3 rings (SSSR count). The lowest BCUT2D eigenvalue weighted by molar-refractivity contribution is 0.0950. The van der Waals surface area contributed by atoms with E-state index in [9.17, 15) is 4.79 Å². The molecule has 3 aromatic rings. The third-order valence-corrected chi connectivity index (χ3v) is 4.74. The van der Waals surface area contributed by atoms with E-state index in [1.807, 2.05) is 25.5 Å². The van der Waals surface area contributed by atoms with Gasteiger partial charge in [-0.3, -0.25) is 9.48 Å². The van der Waals surface area contributed by atoms with Crippen molar-refractivity contribution < 1.29 is 4.79 Å². The smallest absolute Gasteiger partial charge is 0.270 e. The minimum atomic E-state index is -0.154. The van der Waals surface area contributed by atoms with E-state index in [1.165, 1.54) is 11.3 Å². The van der Waals surface area contributed by atoms with Crippen LogP contribution in [0, 0.1) is 6.92 Å². The van der Waals surface area contributed by atoms with Crippen LogP contribution in [0.25, 0.3) is 10.6 Å². The molecule has 3 aromatic heterocycles. The number of carbonyl (C=O) groups is 1. The number of nitrogens with zero attached hydrogens (tertiary/aromatic N) is 4. The second-order valence-corrected chi connectivity index (χ2v) is 6.72. The molecule has 1 amide bonds. The van der Waals surface area contributed by atoms with Crippen LogP contribution in [0.15, 0.2) is 23.2 Å². The highest BCUT2D eigenvalue weighted by Crippen LogP contribution is 2.22. The van der Waals surface area contributed by atoms with Crippen molar-refractivity contribution in [1.82, 2.24) is 25.1 Å². The van der Waals surface area contributed by atoms with Gasteiger partial charge in [-0.05, 0) is 6.92 Å². The standard InChI is InChI=1S/C14H15N5OS2/c1-9-17-11(7-21-9)3-4-15-13(20)12-8-22-14(18-12)10-5-16-19(2)6-10/h5-8H,3-4H2,1-2H3,(H,15,20). The van der Waals surface area contributed by atoms with Gasteiger partial charge in [0.15, 0.2) is 0 Å². The summed E-state index contributed by atoms with van der Waals surface area (Å²) in [6.07, 6.45) is 4.35. The average Bonchev–Trinajstić information content (AvgIpc) is 3.19. The highest BCUT2D eigenvalue weighted by Gasteiger charge is 2.12. The Bertz CT molecular complexity index is 789. The van der Waals surface area contributed by atoms with Crippen molar-refractivity contribution in [3.8, 4) is 10.6 Å². The fourth-order valence-corrected chi connectivity index (χ4v) is 3.38. The molecule has 0 saturated carbocycles. The Kier molecular flexibility index (Phi) is 4.30. The van der Waals surface area contributed by atoms with Crippen LogP contribution in [0.3, 0.4) is 0 Å². The van der Waals surface area contributed by atoms with Gasteiger partial charge in [-0.1, -0.05) is 0 Å². The first-order chi connectivity index (χ1) is 10.6. The number of aryl methyl sites for hydroxylation is 2. The first kappa shape index (κ1) is 14.9. The van der Waals surface area contributed by atoms with Crippen molar-refractivity contribution in [3.05, 3.63) is 39.5 Å². The van der Waals surface area contributed by atoms with Gasteiger partial charge in [0, 0.05) is 42.5 Å². The van der Waals surface area contributed by atoms with Crippen LogP contribution in [0.5, 0.6) is 0 Å². The lowest BCUT2D eigenvalue weighted by Crippen LogP contribution is -2.26. The molecule has 0 radical (unpaired) electrons. The van der Waals surface area contributed by atoms with E-state index in [4.69, 9.17) is 0 Å². The van der Waals surface area contributed by atoms with Crippen LogP contribution >= 0.6 is 22.7 Å². The van der Waals surface area contributed by atoms with E-state index < -0.39 is 0 Å². The summed E-state index contributed by atoms with van der Waals surface area (Å²) in [4.78, 5) is 20.8. The molecule has 114 valence electrons. The predicted octanol–water partition coefficient (Wildman–Crippen LogP) is 2.28. The molecular formula is C14H15N5OS2. The van der Waals surface area contributed by atoms with Crippen LogP contribution in [0.4, 0.5) is 0 Å². The van der Waals surface area contributed by atoms with Crippen molar-refractivity contribution in [2.75, 3.05) is 6.54 Å². The molecule has 22 heavy (non-hydrogen) atoms. The molecule has 0 fully saturated rings. The van der Waals surface area contributed by atoms with Gasteiger partial charge in [0.05, 0.1) is 16.9 Å². The minimum Gasteiger partial charge on any atom is -0.350 e. The summed E-state index contributed by atoms with van der Waals surface area (Å²) in [5, 5.41) is 12.6. The van der Waals surface area contributed by atoms with Gasteiger partial charge in [-0.2, -0.15) is 5.10 Å². The molecular weight excluding hydrogens is 318 g/mol. The van der Waals surface area contributed by atoms with Crippen molar-refractivity contribution in [1.29, 1.82) is 0 Å². The van der Waals surface area contributed by atoms with E-state index in [1.54, 1.807) is 27.6 Å².